The molecule has 0 saturated carbocycles. The van der Waals surface area contributed by atoms with Crippen LogP contribution in [0.4, 0.5) is 5.95 Å². The number of rotatable bonds is 3. The van der Waals surface area contributed by atoms with Crippen molar-refractivity contribution in [3.05, 3.63) is 36.8 Å². The Morgan fingerprint density at radius 2 is 2.12 bits per heavy atom. The van der Waals surface area contributed by atoms with Crippen LogP contribution in [0.5, 0.6) is 0 Å². The van der Waals surface area contributed by atoms with Crippen LogP contribution in [0, 0.1) is 0 Å². The zero-order chi connectivity index (χ0) is 16.8. The fourth-order valence-electron chi connectivity index (χ4n) is 2.93. The molecule has 0 amide bonds. The van der Waals surface area contributed by atoms with Gasteiger partial charge in [-0.2, -0.15) is 10.1 Å². The third-order valence-electron chi connectivity index (χ3n) is 4.18. The minimum Gasteiger partial charge on any atom is -0.472 e. The van der Waals surface area contributed by atoms with Crippen LogP contribution >= 0.6 is 0 Å². The Hall–Kier alpha value is -3.43. The molecule has 0 atom stereocenters. The van der Waals surface area contributed by atoms with E-state index in [0.717, 1.165) is 35.9 Å². The second kappa shape index (κ2) is 5.30. The summed E-state index contributed by atoms with van der Waals surface area (Å²) in [5.74, 6) is 2.66. The lowest BCUT2D eigenvalue weighted by molar-refractivity contribution is 0.425. The lowest BCUT2D eigenvalue weighted by Gasteiger charge is -2.26. The van der Waals surface area contributed by atoms with Crippen molar-refractivity contribution < 1.29 is 8.94 Å². The van der Waals surface area contributed by atoms with Crippen LogP contribution in [-0.2, 0) is 20.1 Å². The molecule has 5 rings (SSSR count). The summed E-state index contributed by atoms with van der Waals surface area (Å²) in [6.45, 7) is 2.04. The Labute approximate surface area is 141 Å². The molecule has 126 valence electrons. The zero-order valence-electron chi connectivity index (χ0n) is 13.4. The third-order valence-corrected chi connectivity index (χ3v) is 4.18. The Morgan fingerprint density at radius 3 is 2.92 bits per heavy atom. The van der Waals surface area contributed by atoms with Gasteiger partial charge in [0.1, 0.15) is 6.26 Å². The molecule has 0 N–H and O–H groups in total. The van der Waals surface area contributed by atoms with Crippen LogP contribution in [0.25, 0.3) is 22.8 Å². The summed E-state index contributed by atoms with van der Waals surface area (Å²) in [5, 5.41) is 16.9. The summed E-state index contributed by atoms with van der Waals surface area (Å²) >= 11 is 0. The van der Waals surface area contributed by atoms with Gasteiger partial charge >= 0.3 is 0 Å². The molecule has 25 heavy (non-hydrogen) atoms. The average Bonchev–Trinajstić information content (AvgIpc) is 3.39. The highest BCUT2D eigenvalue weighted by Crippen LogP contribution is 2.25. The summed E-state index contributed by atoms with van der Waals surface area (Å²) in [6, 6.07) is 1.78. The van der Waals surface area contributed by atoms with Gasteiger partial charge in [-0.15, -0.1) is 10.2 Å². The van der Waals surface area contributed by atoms with E-state index in [1.54, 1.807) is 29.5 Å². The van der Waals surface area contributed by atoms with E-state index >= 15 is 0 Å². The van der Waals surface area contributed by atoms with Crippen LogP contribution in [0.15, 0.2) is 39.9 Å². The minimum atomic E-state index is 0.437. The van der Waals surface area contributed by atoms with Crippen LogP contribution in [0.1, 0.15) is 5.82 Å². The molecule has 0 spiro atoms. The normalized spacial score (nSPS) is 14.0. The Balaban J connectivity index is 1.41. The van der Waals surface area contributed by atoms with Gasteiger partial charge < -0.3 is 18.4 Å². The highest BCUT2D eigenvalue weighted by Gasteiger charge is 2.25. The minimum absolute atomic E-state index is 0.437. The van der Waals surface area contributed by atoms with Gasteiger partial charge in [0.25, 0.3) is 11.8 Å². The molecular formula is C15H14N8O2. The maximum Gasteiger partial charge on any atom is 0.266 e. The highest BCUT2D eigenvalue weighted by atomic mass is 16.5. The standard InChI is InChI=1S/C15H14N8O2/c1-21-7-11(6-16-21)13-19-18-12-8-22(3-4-23(12)13)15-17-14(25-20-15)10-2-5-24-9-10/h2,5-7,9H,3-4,8H2,1H3. The molecular weight excluding hydrogens is 324 g/mol. The quantitative estimate of drug-likeness (QED) is 0.551. The van der Waals surface area contributed by atoms with Gasteiger partial charge in [-0.05, 0) is 11.2 Å². The SMILES string of the molecule is Cn1cc(-c2nnc3n2CCN(c2noc(-c4ccoc4)n2)C3)cn1. The number of aryl methyl sites for hydroxylation is 1. The molecule has 4 aromatic rings. The Bertz CT molecular complexity index is 1010. The summed E-state index contributed by atoms with van der Waals surface area (Å²) in [4.78, 5) is 6.45. The number of hydrogen-bond donors (Lipinski definition) is 0. The van der Waals surface area contributed by atoms with E-state index in [1.165, 1.54) is 0 Å². The van der Waals surface area contributed by atoms with Gasteiger partial charge in [0.05, 0.1) is 30.1 Å². The summed E-state index contributed by atoms with van der Waals surface area (Å²) in [6.07, 6.45) is 6.87. The molecule has 0 aromatic carbocycles. The third kappa shape index (κ3) is 2.30. The van der Waals surface area contributed by atoms with Crippen LogP contribution in [-0.4, -0.2) is 41.2 Å². The molecule has 5 heterocycles. The summed E-state index contributed by atoms with van der Waals surface area (Å²) in [7, 11) is 1.88. The van der Waals surface area contributed by atoms with E-state index < -0.39 is 0 Å². The van der Waals surface area contributed by atoms with Crippen molar-refractivity contribution in [3.63, 3.8) is 0 Å². The van der Waals surface area contributed by atoms with E-state index in [1.807, 2.05) is 18.1 Å². The average molecular weight is 338 g/mol. The molecule has 0 saturated heterocycles. The molecule has 1 aliphatic heterocycles. The van der Waals surface area contributed by atoms with Crippen LogP contribution in [0.3, 0.4) is 0 Å². The molecule has 0 radical (unpaired) electrons. The fourth-order valence-corrected chi connectivity index (χ4v) is 2.93. The lowest BCUT2D eigenvalue weighted by atomic mass is 10.3. The molecule has 0 bridgehead atoms. The summed E-state index contributed by atoms with van der Waals surface area (Å²) < 4.78 is 14.2. The molecule has 10 heteroatoms. The smallest absolute Gasteiger partial charge is 0.266 e. The zero-order valence-corrected chi connectivity index (χ0v) is 13.4. The van der Waals surface area contributed by atoms with Crippen LogP contribution in [0.2, 0.25) is 0 Å². The van der Waals surface area contributed by atoms with Crippen molar-refractivity contribution in [2.24, 2.45) is 7.05 Å². The van der Waals surface area contributed by atoms with Crippen molar-refractivity contribution in [1.82, 2.24) is 34.7 Å². The van der Waals surface area contributed by atoms with E-state index in [2.05, 4.69) is 30.0 Å². The number of nitrogens with zero attached hydrogens (tertiary/aromatic N) is 8. The number of aromatic nitrogens is 7. The predicted molar refractivity (Wildman–Crippen MR) is 85.3 cm³/mol. The van der Waals surface area contributed by atoms with Crippen molar-refractivity contribution in [1.29, 1.82) is 0 Å². The van der Waals surface area contributed by atoms with Gasteiger partial charge in [0, 0.05) is 26.3 Å². The molecule has 0 unspecified atom stereocenters. The van der Waals surface area contributed by atoms with Crippen molar-refractivity contribution in [2.45, 2.75) is 13.1 Å². The first-order chi connectivity index (χ1) is 12.3. The lowest BCUT2D eigenvalue weighted by Crippen LogP contribution is -2.34. The maximum atomic E-state index is 5.31. The van der Waals surface area contributed by atoms with E-state index in [0.29, 0.717) is 18.4 Å². The maximum absolute atomic E-state index is 5.31. The van der Waals surface area contributed by atoms with E-state index in [-0.39, 0.29) is 0 Å². The summed E-state index contributed by atoms with van der Waals surface area (Å²) in [5.41, 5.74) is 1.72. The predicted octanol–water partition coefficient (Wildman–Crippen LogP) is 1.34. The van der Waals surface area contributed by atoms with E-state index in [4.69, 9.17) is 8.94 Å². The van der Waals surface area contributed by atoms with Gasteiger partial charge in [-0.25, -0.2) is 0 Å². The largest absolute Gasteiger partial charge is 0.472 e. The number of hydrogen-bond acceptors (Lipinski definition) is 8. The fraction of sp³-hybridized carbons (Fsp3) is 0.267. The second-order valence-corrected chi connectivity index (χ2v) is 5.83. The molecule has 4 aromatic heterocycles. The first-order valence-corrected chi connectivity index (χ1v) is 7.80. The number of furan rings is 1. The molecule has 10 nitrogen and oxygen atoms in total. The van der Waals surface area contributed by atoms with E-state index in [9.17, 15) is 0 Å². The number of fused-ring (bicyclic) bond motifs is 1. The topological polar surface area (TPSA) is 104 Å². The first-order valence-electron chi connectivity index (χ1n) is 7.80. The van der Waals surface area contributed by atoms with Crippen LogP contribution < -0.4 is 4.90 Å². The monoisotopic (exact) mass is 338 g/mol. The number of anilines is 1. The van der Waals surface area contributed by atoms with Crippen molar-refractivity contribution in [2.75, 3.05) is 11.4 Å². The second-order valence-electron chi connectivity index (χ2n) is 5.83. The van der Waals surface area contributed by atoms with Crippen molar-refractivity contribution >= 4 is 5.95 Å². The molecule has 1 aliphatic rings. The van der Waals surface area contributed by atoms with Gasteiger partial charge in [-0.3, -0.25) is 4.68 Å². The van der Waals surface area contributed by atoms with Crippen molar-refractivity contribution in [3.8, 4) is 22.8 Å². The Kier molecular flexibility index (Phi) is 2.96. The van der Waals surface area contributed by atoms with Gasteiger partial charge in [0.15, 0.2) is 11.6 Å². The first kappa shape index (κ1) is 14.0. The van der Waals surface area contributed by atoms with Gasteiger partial charge in [-0.1, -0.05) is 0 Å². The van der Waals surface area contributed by atoms with Gasteiger partial charge in [0.2, 0.25) is 0 Å². The highest BCUT2D eigenvalue weighted by molar-refractivity contribution is 5.54. The molecule has 0 aliphatic carbocycles. The Morgan fingerprint density at radius 1 is 1.16 bits per heavy atom. The molecule has 0 fully saturated rings.